The highest BCUT2D eigenvalue weighted by Gasteiger charge is 1.87. The molecule has 0 saturated heterocycles. The third-order valence-corrected chi connectivity index (χ3v) is 0.464. The number of halogens is 2. The molecule has 0 unspecified atom stereocenters. The molecule has 0 bridgehead atoms. The van der Waals surface area contributed by atoms with Crippen molar-refractivity contribution >= 4 is 29.2 Å². The predicted molar refractivity (Wildman–Crippen MR) is 43.7 cm³/mol. The number of alkyl halides is 2. The first-order valence-corrected chi connectivity index (χ1v) is 3.88. The van der Waals surface area contributed by atoms with Gasteiger partial charge in [0, 0.05) is 6.42 Å². The Morgan fingerprint density at radius 1 is 1.60 bits per heavy atom. The Bertz CT molecular complexity index is 81.1. The standard InChI is InChI=1S/C4H8O2.C2H4Cl2/c1-2-3-4(5)6;1-2(3)4/h2-3H2,1H3,(H,5,6);2H,1H3. The highest BCUT2D eigenvalue weighted by Crippen LogP contribution is 1.95. The fraction of sp³-hybridized carbons (Fsp3) is 0.833. The minimum absolute atomic E-state index is 0.222. The highest BCUT2D eigenvalue weighted by molar-refractivity contribution is 6.43. The second kappa shape index (κ2) is 9.05. The number of aliphatic carboxylic acids is 1. The molecule has 0 atom stereocenters. The van der Waals surface area contributed by atoms with Crippen LogP contribution in [0.25, 0.3) is 0 Å². The summed E-state index contributed by atoms with van der Waals surface area (Å²) in [5.74, 6) is -0.711. The van der Waals surface area contributed by atoms with Crippen LogP contribution in [0.15, 0.2) is 0 Å². The zero-order chi connectivity index (χ0) is 8.57. The van der Waals surface area contributed by atoms with Crippen molar-refractivity contribution < 1.29 is 9.90 Å². The summed E-state index contributed by atoms with van der Waals surface area (Å²) in [4.78, 5) is 9.38. The van der Waals surface area contributed by atoms with E-state index in [0.29, 0.717) is 6.42 Å². The van der Waals surface area contributed by atoms with E-state index in [2.05, 4.69) is 0 Å². The first-order valence-electron chi connectivity index (χ1n) is 3.00. The van der Waals surface area contributed by atoms with Crippen LogP contribution in [0.5, 0.6) is 0 Å². The van der Waals surface area contributed by atoms with Gasteiger partial charge in [-0.3, -0.25) is 4.79 Å². The Hall–Kier alpha value is 0.0500. The number of hydrogen-bond donors (Lipinski definition) is 1. The number of carbonyl (C=O) groups is 1. The maximum Gasteiger partial charge on any atom is 0.303 e. The van der Waals surface area contributed by atoms with Gasteiger partial charge in [-0.1, -0.05) is 6.92 Å². The van der Waals surface area contributed by atoms with E-state index in [0.717, 1.165) is 6.42 Å². The molecule has 0 rings (SSSR count). The number of rotatable bonds is 2. The molecule has 0 amide bonds. The van der Waals surface area contributed by atoms with E-state index in [1.54, 1.807) is 6.92 Å². The van der Waals surface area contributed by atoms with E-state index < -0.39 is 5.97 Å². The average Bonchev–Trinajstić information content (AvgIpc) is 1.62. The van der Waals surface area contributed by atoms with E-state index in [1.807, 2.05) is 6.92 Å². The van der Waals surface area contributed by atoms with Gasteiger partial charge in [-0.25, -0.2) is 0 Å². The lowest BCUT2D eigenvalue weighted by atomic mass is 10.4. The predicted octanol–water partition coefficient (Wildman–Crippen LogP) is 2.68. The highest BCUT2D eigenvalue weighted by atomic mass is 35.5. The van der Waals surface area contributed by atoms with Crippen LogP contribution >= 0.6 is 23.2 Å². The molecule has 0 aliphatic carbocycles. The smallest absolute Gasteiger partial charge is 0.303 e. The molecule has 0 heterocycles. The van der Waals surface area contributed by atoms with Crippen molar-refractivity contribution in [1.29, 1.82) is 0 Å². The van der Waals surface area contributed by atoms with Crippen LogP contribution in [0.2, 0.25) is 0 Å². The first-order chi connectivity index (χ1) is 4.50. The van der Waals surface area contributed by atoms with Crippen LogP contribution in [0.1, 0.15) is 26.7 Å². The van der Waals surface area contributed by atoms with Gasteiger partial charge in [0.1, 0.15) is 4.84 Å². The van der Waals surface area contributed by atoms with Gasteiger partial charge in [-0.05, 0) is 13.3 Å². The van der Waals surface area contributed by atoms with E-state index in [4.69, 9.17) is 28.3 Å². The molecule has 1 N–H and O–H groups in total. The van der Waals surface area contributed by atoms with Gasteiger partial charge < -0.3 is 5.11 Å². The topological polar surface area (TPSA) is 37.3 Å². The fourth-order valence-corrected chi connectivity index (χ4v) is 0.214. The van der Waals surface area contributed by atoms with Gasteiger partial charge in [0.05, 0.1) is 0 Å². The van der Waals surface area contributed by atoms with Crippen molar-refractivity contribution in [2.75, 3.05) is 0 Å². The second-order valence-corrected chi connectivity index (χ2v) is 3.20. The largest absolute Gasteiger partial charge is 0.481 e. The Morgan fingerprint density at radius 2 is 1.90 bits per heavy atom. The lowest BCUT2D eigenvalue weighted by Crippen LogP contribution is -1.90. The Morgan fingerprint density at radius 3 is 1.90 bits per heavy atom. The van der Waals surface area contributed by atoms with Gasteiger partial charge in [0.25, 0.3) is 0 Å². The molecule has 0 aliphatic rings. The fourth-order valence-electron chi connectivity index (χ4n) is 0.214. The normalized spacial score (nSPS) is 8.50. The summed E-state index contributed by atoms with van der Waals surface area (Å²) < 4.78 is 0. The molecule has 0 radical (unpaired) electrons. The third kappa shape index (κ3) is 43.0. The molecular formula is C6H12Cl2O2. The summed E-state index contributed by atoms with van der Waals surface area (Å²) >= 11 is 10.1. The van der Waals surface area contributed by atoms with Gasteiger partial charge in [-0.2, -0.15) is 0 Å². The molecule has 0 aromatic rings. The molecule has 10 heavy (non-hydrogen) atoms. The van der Waals surface area contributed by atoms with E-state index >= 15 is 0 Å². The van der Waals surface area contributed by atoms with Gasteiger partial charge in [0.2, 0.25) is 0 Å². The number of hydrogen-bond acceptors (Lipinski definition) is 1. The summed E-state index contributed by atoms with van der Waals surface area (Å²) in [6.45, 7) is 3.54. The monoisotopic (exact) mass is 186 g/mol. The second-order valence-electron chi connectivity index (χ2n) is 1.66. The summed E-state index contributed by atoms with van der Waals surface area (Å²) in [6.07, 6.45) is 1.02. The Kier molecular flexibility index (Phi) is 11.5. The van der Waals surface area contributed by atoms with Gasteiger partial charge >= 0.3 is 5.97 Å². The lowest BCUT2D eigenvalue weighted by molar-refractivity contribution is -0.137. The van der Waals surface area contributed by atoms with Crippen molar-refractivity contribution in [3.05, 3.63) is 0 Å². The summed E-state index contributed by atoms with van der Waals surface area (Å²) in [5, 5.41) is 7.91. The molecule has 62 valence electrons. The van der Waals surface area contributed by atoms with E-state index in [9.17, 15) is 4.79 Å². The third-order valence-electron chi connectivity index (χ3n) is 0.464. The maximum absolute atomic E-state index is 9.60. The van der Waals surface area contributed by atoms with E-state index in [1.165, 1.54) is 0 Å². The summed E-state index contributed by atoms with van der Waals surface area (Å²) in [6, 6.07) is 0. The van der Waals surface area contributed by atoms with Crippen molar-refractivity contribution in [2.24, 2.45) is 0 Å². The van der Waals surface area contributed by atoms with Crippen molar-refractivity contribution in [1.82, 2.24) is 0 Å². The average molecular weight is 187 g/mol. The molecular weight excluding hydrogens is 175 g/mol. The summed E-state index contributed by atoms with van der Waals surface area (Å²) in [5.41, 5.74) is 0. The van der Waals surface area contributed by atoms with Crippen LogP contribution < -0.4 is 0 Å². The van der Waals surface area contributed by atoms with Crippen molar-refractivity contribution in [3.63, 3.8) is 0 Å². The van der Waals surface area contributed by atoms with Crippen LogP contribution in [0.3, 0.4) is 0 Å². The Balaban J connectivity index is 0. The molecule has 4 heteroatoms. The minimum atomic E-state index is -0.711. The molecule has 0 saturated carbocycles. The van der Waals surface area contributed by atoms with Crippen molar-refractivity contribution in [3.8, 4) is 0 Å². The SMILES string of the molecule is CC(Cl)Cl.CCCC(=O)O. The van der Waals surface area contributed by atoms with Crippen LogP contribution in [0, 0.1) is 0 Å². The zero-order valence-corrected chi connectivity index (χ0v) is 7.61. The first kappa shape index (κ1) is 12.7. The lowest BCUT2D eigenvalue weighted by Gasteiger charge is -1.79. The maximum atomic E-state index is 9.60. The Labute approximate surface area is 71.1 Å². The number of carboxylic acids is 1. The number of carboxylic acid groups (broad SMARTS) is 1. The molecule has 0 aromatic carbocycles. The van der Waals surface area contributed by atoms with Crippen molar-refractivity contribution in [2.45, 2.75) is 31.5 Å². The zero-order valence-electron chi connectivity index (χ0n) is 6.10. The molecule has 0 spiro atoms. The van der Waals surface area contributed by atoms with Gasteiger partial charge in [-0.15, -0.1) is 23.2 Å². The molecule has 0 fully saturated rings. The van der Waals surface area contributed by atoms with E-state index in [-0.39, 0.29) is 4.84 Å². The summed E-state index contributed by atoms with van der Waals surface area (Å²) in [7, 11) is 0. The molecule has 0 aromatic heterocycles. The quantitative estimate of drug-likeness (QED) is 0.674. The van der Waals surface area contributed by atoms with Gasteiger partial charge in [0.15, 0.2) is 0 Å². The van der Waals surface area contributed by atoms with Crippen LogP contribution in [0.4, 0.5) is 0 Å². The van der Waals surface area contributed by atoms with Crippen LogP contribution in [-0.4, -0.2) is 15.9 Å². The molecule has 0 aliphatic heterocycles. The minimum Gasteiger partial charge on any atom is -0.481 e. The molecule has 2 nitrogen and oxygen atoms in total. The van der Waals surface area contributed by atoms with Crippen LogP contribution in [-0.2, 0) is 4.79 Å².